The van der Waals surface area contributed by atoms with Crippen molar-refractivity contribution in [1.29, 1.82) is 0 Å². The highest BCUT2D eigenvalue weighted by Gasteiger charge is 2.79. The molecule has 0 aromatic rings. The highest BCUT2D eigenvalue weighted by Crippen LogP contribution is 2.64. The minimum atomic E-state index is -2.41. The summed E-state index contributed by atoms with van der Waals surface area (Å²) in [5, 5.41) is 44.5. The molecule has 0 aromatic carbocycles. The highest BCUT2D eigenvalue weighted by molar-refractivity contribution is 6.21. The van der Waals surface area contributed by atoms with Crippen LogP contribution in [0.3, 0.4) is 0 Å². The third-order valence-corrected chi connectivity index (χ3v) is 7.27. The van der Waals surface area contributed by atoms with E-state index in [0.29, 0.717) is 0 Å². The first-order valence-electron chi connectivity index (χ1n) is 11.6. The average molecular weight is 497 g/mol. The number of hydrogen-bond donors (Lipinski definition) is 4. The molecule has 8 nitrogen and oxygen atoms in total. The van der Waals surface area contributed by atoms with E-state index < -0.39 is 57.5 Å². The molecule has 0 unspecified atom stereocenters. The van der Waals surface area contributed by atoms with Gasteiger partial charge in [0.25, 0.3) is 0 Å². The minimum absolute atomic E-state index is 0.170. The lowest BCUT2D eigenvalue weighted by Gasteiger charge is -2.48. The van der Waals surface area contributed by atoms with Crippen LogP contribution in [0.2, 0.25) is 0 Å². The molecular weight excluding hydrogens is 464 g/mol. The van der Waals surface area contributed by atoms with Gasteiger partial charge in [-0.25, -0.2) is 0 Å². The molecule has 2 aliphatic carbocycles. The normalized spacial score (nSPS) is 36.6. The number of Topliss-reactive ketones (excluding diaryl/α,β-unsaturated/α-hetero) is 2. The summed E-state index contributed by atoms with van der Waals surface area (Å²) < 4.78 is 5.78. The molecular formula is C28H32O8. The number of rotatable bonds is 6. The Labute approximate surface area is 210 Å². The molecule has 1 saturated heterocycles. The number of ether oxygens (including phenoxy) is 1. The zero-order valence-electron chi connectivity index (χ0n) is 21.2. The van der Waals surface area contributed by atoms with Gasteiger partial charge in [-0.2, -0.15) is 0 Å². The Kier molecular flexibility index (Phi) is 6.92. The number of hydrogen-bond acceptors (Lipinski definition) is 8. The SMILES string of the molecule is C/C=C/C=C/C(=O)[C@]1([C@@H]2/C(=C(O)/C=C/C=C/C)C(O)=C(C)C(=O)[C@]2(C)O)C(=O)C(C)=C(O)[C@]2(C)O[C@H]12. The van der Waals surface area contributed by atoms with E-state index in [1.54, 1.807) is 38.2 Å². The second-order valence-corrected chi connectivity index (χ2v) is 9.59. The Morgan fingerprint density at radius 1 is 0.917 bits per heavy atom. The van der Waals surface area contributed by atoms with E-state index >= 15 is 0 Å². The van der Waals surface area contributed by atoms with Crippen molar-refractivity contribution in [1.82, 2.24) is 0 Å². The molecule has 8 heteroatoms. The molecule has 3 rings (SSSR count). The average Bonchev–Trinajstić information content (AvgIpc) is 3.53. The van der Waals surface area contributed by atoms with Gasteiger partial charge in [0.1, 0.15) is 34.4 Å². The number of allylic oxidation sites excluding steroid dienone is 10. The fourth-order valence-electron chi connectivity index (χ4n) is 5.41. The summed E-state index contributed by atoms with van der Waals surface area (Å²) in [7, 11) is 0. The summed E-state index contributed by atoms with van der Waals surface area (Å²) >= 11 is 0. The number of fused-ring (bicyclic) bond motifs is 1. The Morgan fingerprint density at radius 3 is 2.03 bits per heavy atom. The van der Waals surface area contributed by atoms with Gasteiger partial charge >= 0.3 is 0 Å². The molecule has 5 atom stereocenters. The van der Waals surface area contributed by atoms with Crippen molar-refractivity contribution < 1.29 is 39.5 Å². The zero-order chi connectivity index (χ0) is 27.2. The van der Waals surface area contributed by atoms with Crippen LogP contribution < -0.4 is 0 Å². The van der Waals surface area contributed by atoms with Gasteiger partial charge in [0.05, 0.1) is 5.92 Å². The molecule has 0 spiro atoms. The van der Waals surface area contributed by atoms with Crippen LogP contribution in [-0.2, 0) is 19.1 Å². The third-order valence-electron chi connectivity index (χ3n) is 7.27. The van der Waals surface area contributed by atoms with Gasteiger partial charge in [-0.1, -0.05) is 36.5 Å². The number of aliphatic hydroxyl groups is 4. The molecule has 3 aliphatic rings. The molecule has 1 heterocycles. The van der Waals surface area contributed by atoms with Crippen LogP contribution in [0.5, 0.6) is 0 Å². The standard InChI is InChI=1S/C28H32O8/c1-7-9-11-13-17(29)19-20(31)15(3)22(32)26(5,35)21(19)28(18(30)14-12-10-8-2)24(34)16(4)23(33)27(6)25(28)36-27/h7-14,21,25,29,31,33,35H,1-6H3/b9-7+,10-8+,13-11+,14-12+,19-17-/t21-,25+,26-,27+,28+/m1/s1. The van der Waals surface area contributed by atoms with Gasteiger partial charge < -0.3 is 25.2 Å². The van der Waals surface area contributed by atoms with E-state index in [-0.39, 0.29) is 22.5 Å². The van der Waals surface area contributed by atoms with Crippen molar-refractivity contribution in [3.63, 3.8) is 0 Å². The Morgan fingerprint density at radius 2 is 1.47 bits per heavy atom. The van der Waals surface area contributed by atoms with Crippen LogP contribution in [0, 0.1) is 11.3 Å². The molecule has 1 fully saturated rings. The molecule has 4 N–H and O–H groups in total. The van der Waals surface area contributed by atoms with Crippen molar-refractivity contribution in [2.24, 2.45) is 11.3 Å². The third kappa shape index (κ3) is 3.63. The summed E-state index contributed by atoms with van der Waals surface area (Å²) in [6, 6.07) is 0. The second kappa shape index (κ2) is 9.19. The van der Waals surface area contributed by atoms with Gasteiger partial charge in [-0.3, -0.25) is 14.4 Å². The minimum Gasteiger partial charge on any atom is -0.509 e. The number of carbonyl (C=O) groups excluding carboxylic acids is 3. The number of carbonyl (C=O) groups is 3. The lowest BCUT2D eigenvalue weighted by molar-refractivity contribution is -0.156. The fourth-order valence-corrected chi connectivity index (χ4v) is 5.41. The summed E-state index contributed by atoms with van der Waals surface area (Å²) in [6.45, 7) is 8.73. The molecule has 1 aliphatic heterocycles. The summed E-state index contributed by atoms with van der Waals surface area (Å²) in [5.41, 5.74) is -6.87. The first-order valence-corrected chi connectivity index (χ1v) is 11.6. The molecule has 36 heavy (non-hydrogen) atoms. The summed E-state index contributed by atoms with van der Waals surface area (Å²) in [5.74, 6) is -5.87. The van der Waals surface area contributed by atoms with E-state index in [1.165, 1.54) is 39.0 Å². The van der Waals surface area contributed by atoms with Gasteiger partial charge in [0.2, 0.25) is 0 Å². The van der Waals surface area contributed by atoms with Gasteiger partial charge in [-0.15, -0.1) is 0 Å². The van der Waals surface area contributed by atoms with Crippen LogP contribution in [0.25, 0.3) is 0 Å². The summed E-state index contributed by atoms with van der Waals surface area (Å²) in [4.78, 5) is 41.2. The number of ketones is 3. The van der Waals surface area contributed by atoms with Crippen molar-refractivity contribution in [3.05, 3.63) is 82.6 Å². The topological polar surface area (TPSA) is 145 Å². The molecule has 0 bridgehead atoms. The maximum Gasteiger partial charge on any atom is 0.194 e. The molecule has 0 amide bonds. The highest BCUT2D eigenvalue weighted by atomic mass is 16.6. The van der Waals surface area contributed by atoms with Crippen LogP contribution in [0.4, 0.5) is 0 Å². The summed E-state index contributed by atoms with van der Waals surface area (Å²) in [6.07, 6.45) is 10.5. The van der Waals surface area contributed by atoms with Crippen LogP contribution in [-0.4, -0.2) is 55.1 Å². The Hall–Kier alpha value is -3.49. The van der Waals surface area contributed by atoms with Crippen molar-refractivity contribution in [2.45, 2.75) is 58.8 Å². The number of epoxide rings is 1. The number of aliphatic hydroxyl groups excluding tert-OH is 3. The predicted molar refractivity (Wildman–Crippen MR) is 133 cm³/mol. The lowest BCUT2D eigenvalue weighted by atomic mass is 9.51. The largest absolute Gasteiger partial charge is 0.509 e. The fraction of sp³-hybridized carbons (Fsp3) is 0.393. The monoisotopic (exact) mass is 496 g/mol. The zero-order valence-corrected chi connectivity index (χ0v) is 21.2. The van der Waals surface area contributed by atoms with E-state index in [9.17, 15) is 34.8 Å². The molecule has 192 valence electrons. The van der Waals surface area contributed by atoms with Gasteiger partial charge in [-0.05, 0) is 53.7 Å². The maximum absolute atomic E-state index is 14.0. The molecule has 0 aromatic heterocycles. The Bertz CT molecular complexity index is 1240. The van der Waals surface area contributed by atoms with Crippen molar-refractivity contribution in [3.8, 4) is 0 Å². The van der Waals surface area contributed by atoms with Crippen LogP contribution in [0.15, 0.2) is 82.6 Å². The van der Waals surface area contributed by atoms with E-state index in [4.69, 9.17) is 4.74 Å². The molecule has 0 radical (unpaired) electrons. The van der Waals surface area contributed by atoms with Crippen molar-refractivity contribution in [2.75, 3.05) is 0 Å². The van der Waals surface area contributed by atoms with Gasteiger partial charge in [0, 0.05) is 16.7 Å². The van der Waals surface area contributed by atoms with Gasteiger partial charge in [0.15, 0.2) is 23.0 Å². The quantitative estimate of drug-likeness (QED) is 0.142. The van der Waals surface area contributed by atoms with Crippen molar-refractivity contribution >= 4 is 17.3 Å². The smallest absolute Gasteiger partial charge is 0.194 e. The van der Waals surface area contributed by atoms with E-state index in [0.717, 1.165) is 13.0 Å². The molecule has 0 saturated carbocycles. The Balaban J connectivity index is 2.48. The second-order valence-electron chi connectivity index (χ2n) is 9.59. The van der Waals surface area contributed by atoms with E-state index in [1.807, 2.05) is 0 Å². The maximum atomic E-state index is 14.0. The van der Waals surface area contributed by atoms with Crippen LogP contribution in [0.1, 0.15) is 41.5 Å². The first kappa shape index (κ1) is 27.1. The lowest BCUT2D eigenvalue weighted by Crippen LogP contribution is -2.64. The predicted octanol–water partition coefficient (Wildman–Crippen LogP) is 3.97. The van der Waals surface area contributed by atoms with Crippen LogP contribution >= 0.6 is 0 Å². The van der Waals surface area contributed by atoms with E-state index in [2.05, 4.69) is 0 Å². The first-order chi connectivity index (χ1) is 16.8.